The van der Waals surface area contributed by atoms with Crippen LogP contribution in [0.3, 0.4) is 0 Å². The van der Waals surface area contributed by atoms with Crippen LogP contribution in [-0.4, -0.2) is 10.1 Å². The summed E-state index contributed by atoms with van der Waals surface area (Å²) in [5.74, 6) is 0. The third-order valence-corrected chi connectivity index (χ3v) is 5.01. The Bertz CT molecular complexity index is 705. The molecule has 19 heavy (non-hydrogen) atoms. The third-order valence-electron chi connectivity index (χ3n) is 3.84. The van der Waals surface area contributed by atoms with Gasteiger partial charge in [0.1, 0.15) is 6.10 Å². The third kappa shape index (κ3) is 1.99. The Morgan fingerprint density at radius 3 is 2.47 bits per heavy atom. The molecule has 0 bridgehead atoms. The van der Waals surface area contributed by atoms with Crippen LogP contribution in [0.5, 0.6) is 0 Å². The highest BCUT2D eigenvalue weighted by Crippen LogP contribution is 2.34. The summed E-state index contributed by atoms with van der Waals surface area (Å²) in [6.07, 6.45) is -0.565. The molecule has 1 aromatic carbocycles. The van der Waals surface area contributed by atoms with Crippen molar-refractivity contribution in [2.75, 3.05) is 0 Å². The van der Waals surface area contributed by atoms with Gasteiger partial charge in [-0.2, -0.15) is 0 Å². The smallest absolute Gasteiger partial charge is 0.128 e. The molecule has 0 spiro atoms. The van der Waals surface area contributed by atoms with Gasteiger partial charge in [-0.3, -0.25) is 0 Å². The summed E-state index contributed by atoms with van der Waals surface area (Å²) >= 11 is 1.65. The molecule has 2 N–H and O–H groups in total. The molecule has 0 saturated carbocycles. The van der Waals surface area contributed by atoms with Crippen molar-refractivity contribution in [3.8, 4) is 0 Å². The van der Waals surface area contributed by atoms with E-state index in [1.54, 1.807) is 11.3 Å². The summed E-state index contributed by atoms with van der Waals surface area (Å²) in [5, 5.41) is 11.8. The van der Waals surface area contributed by atoms with Crippen LogP contribution < -0.4 is 0 Å². The number of aliphatic hydroxyl groups is 1. The van der Waals surface area contributed by atoms with Crippen LogP contribution in [0.25, 0.3) is 10.1 Å². The van der Waals surface area contributed by atoms with Gasteiger partial charge in [-0.05, 0) is 49.4 Å². The molecule has 0 aliphatic heterocycles. The lowest BCUT2D eigenvalue weighted by atomic mass is 10.1. The minimum absolute atomic E-state index is 0.565. The van der Waals surface area contributed by atoms with Crippen LogP contribution in [0.2, 0.25) is 0 Å². The van der Waals surface area contributed by atoms with Gasteiger partial charge < -0.3 is 10.1 Å². The van der Waals surface area contributed by atoms with Crippen molar-refractivity contribution < 1.29 is 5.11 Å². The molecular formula is C16H17NOS. The lowest BCUT2D eigenvalue weighted by molar-refractivity contribution is 0.219. The average molecular weight is 271 g/mol. The van der Waals surface area contributed by atoms with Crippen LogP contribution >= 0.6 is 11.3 Å². The van der Waals surface area contributed by atoms with Crippen molar-refractivity contribution in [1.82, 2.24) is 4.98 Å². The zero-order valence-corrected chi connectivity index (χ0v) is 12.1. The molecule has 0 fully saturated rings. The molecule has 1 atom stereocenters. The van der Waals surface area contributed by atoms with Gasteiger partial charge in [-0.15, -0.1) is 11.3 Å². The van der Waals surface area contributed by atoms with Crippen molar-refractivity contribution in [3.63, 3.8) is 0 Å². The maximum absolute atomic E-state index is 10.6. The minimum atomic E-state index is -0.565. The van der Waals surface area contributed by atoms with E-state index in [0.29, 0.717) is 0 Å². The Hall–Kier alpha value is -1.58. The summed E-state index contributed by atoms with van der Waals surface area (Å²) < 4.78 is 1.22. The van der Waals surface area contributed by atoms with Crippen LogP contribution in [0.1, 0.15) is 33.5 Å². The molecule has 2 heterocycles. The van der Waals surface area contributed by atoms with Gasteiger partial charge in [0.15, 0.2) is 0 Å². The Balaban J connectivity index is 2.07. The van der Waals surface area contributed by atoms with Crippen molar-refractivity contribution in [3.05, 3.63) is 57.7 Å². The van der Waals surface area contributed by atoms with Crippen LogP contribution in [0.4, 0.5) is 0 Å². The zero-order valence-electron chi connectivity index (χ0n) is 11.3. The number of aromatic nitrogens is 1. The van der Waals surface area contributed by atoms with E-state index in [2.05, 4.69) is 37.0 Å². The molecule has 98 valence electrons. The van der Waals surface area contributed by atoms with Gasteiger partial charge in [0, 0.05) is 15.3 Å². The molecule has 2 aromatic heterocycles. The van der Waals surface area contributed by atoms with E-state index < -0.39 is 6.10 Å². The molecule has 0 amide bonds. The van der Waals surface area contributed by atoms with Crippen molar-refractivity contribution in [1.29, 1.82) is 0 Å². The Kier molecular flexibility index (Phi) is 2.96. The molecule has 0 aliphatic rings. The first-order valence-corrected chi connectivity index (χ1v) is 7.21. The number of fused-ring (bicyclic) bond motifs is 1. The zero-order chi connectivity index (χ0) is 13.6. The number of H-pyrrole nitrogens is 1. The highest BCUT2D eigenvalue weighted by atomic mass is 32.1. The molecule has 3 heteroatoms. The van der Waals surface area contributed by atoms with E-state index in [4.69, 9.17) is 0 Å². The first-order valence-electron chi connectivity index (χ1n) is 6.40. The number of hydrogen-bond donors (Lipinski definition) is 2. The highest BCUT2D eigenvalue weighted by molar-refractivity contribution is 7.19. The van der Waals surface area contributed by atoms with Crippen LogP contribution in [-0.2, 0) is 0 Å². The summed E-state index contributed by atoms with van der Waals surface area (Å²) in [4.78, 5) is 4.30. The number of aromatic amines is 1. The largest absolute Gasteiger partial charge is 0.381 e. The van der Waals surface area contributed by atoms with Crippen LogP contribution in [0.15, 0.2) is 30.3 Å². The van der Waals surface area contributed by atoms with Gasteiger partial charge >= 0.3 is 0 Å². The standard InChI is InChI=1S/C16H17NOS/c1-9-10(2)15(17-11(9)3)16(18)14-8-12-6-4-5-7-13(12)19-14/h4-8,16-18H,1-3H3. The van der Waals surface area contributed by atoms with Crippen molar-refractivity contribution >= 4 is 21.4 Å². The number of aliphatic hydroxyl groups excluding tert-OH is 1. The van der Waals surface area contributed by atoms with E-state index in [9.17, 15) is 5.11 Å². The summed E-state index contributed by atoms with van der Waals surface area (Å²) in [6, 6.07) is 10.3. The summed E-state index contributed by atoms with van der Waals surface area (Å²) in [6.45, 7) is 6.19. The Labute approximate surface area is 116 Å². The fourth-order valence-corrected chi connectivity index (χ4v) is 3.49. The lowest BCUT2D eigenvalue weighted by Crippen LogP contribution is -1.99. The number of benzene rings is 1. The normalized spacial score (nSPS) is 13.1. The number of nitrogens with one attached hydrogen (secondary N) is 1. The lowest BCUT2D eigenvalue weighted by Gasteiger charge is -2.08. The van der Waals surface area contributed by atoms with Crippen molar-refractivity contribution in [2.24, 2.45) is 0 Å². The number of thiophene rings is 1. The van der Waals surface area contributed by atoms with Gasteiger partial charge in [-0.1, -0.05) is 18.2 Å². The predicted molar refractivity (Wildman–Crippen MR) is 80.9 cm³/mol. The molecule has 0 radical (unpaired) electrons. The summed E-state index contributed by atoms with van der Waals surface area (Å²) in [7, 11) is 0. The fourth-order valence-electron chi connectivity index (χ4n) is 2.43. The maximum Gasteiger partial charge on any atom is 0.128 e. The minimum Gasteiger partial charge on any atom is -0.381 e. The number of hydrogen-bond acceptors (Lipinski definition) is 2. The first-order chi connectivity index (χ1) is 9.08. The molecule has 2 nitrogen and oxygen atoms in total. The van der Waals surface area contributed by atoms with Crippen LogP contribution in [0, 0.1) is 20.8 Å². The van der Waals surface area contributed by atoms with Gasteiger partial charge in [0.25, 0.3) is 0 Å². The van der Waals surface area contributed by atoms with Crippen molar-refractivity contribution in [2.45, 2.75) is 26.9 Å². The second-order valence-electron chi connectivity index (χ2n) is 5.00. The van der Waals surface area contributed by atoms with Gasteiger partial charge in [0.2, 0.25) is 0 Å². The highest BCUT2D eigenvalue weighted by Gasteiger charge is 2.19. The second-order valence-corrected chi connectivity index (χ2v) is 6.12. The number of rotatable bonds is 2. The molecular weight excluding hydrogens is 254 g/mol. The topological polar surface area (TPSA) is 36.0 Å². The quantitative estimate of drug-likeness (QED) is 0.718. The monoisotopic (exact) mass is 271 g/mol. The maximum atomic E-state index is 10.6. The molecule has 0 saturated heterocycles. The van der Waals surface area contributed by atoms with E-state index in [-0.39, 0.29) is 0 Å². The molecule has 3 aromatic rings. The Morgan fingerprint density at radius 2 is 1.84 bits per heavy atom. The molecule has 3 rings (SSSR count). The van der Waals surface area contributed by atoms with E-state index >= 15 is 0 Å². The van der Waals surface area contributed by atoms with E-state index in [1.165, 1.54) is 15.6 Å². The Morgan fingerprint density at radius 1 is 1.11 bits per heavy atom. The summed E-state index contributed by atoms with van der Waals surface area (Å²) in [5.41, 5.74) is 4.44. The fraction of sp³-hybridized carbons (Fsp3) is 0.250. The van der Waals surface area contributed by atoms with E-state index in [1.807, 2.05) is 19.1 Å². The van der Waals surface area contributed by atoms with Gasteiger partial charge in [0.05, 0.1) is 5.69 Å². The molecule has 1 unspecified atom stereocenters. The van der Waals surface area contributed by atoms with Gasteiger partial charge in [-0.25, -0.2) is 0 Å². The van der Waals surface area contributed by atoms with E-state index in [0.717, 1.165) is 21.8 Å². The average Bonchev–Trinajstić information content (AvgIpc) is 2.95. The second kappa shape index (κ2) is 4.51. The first kappa shape index (κ1) is 12.5. The molecule has 0 aliphatic carbocycles. The SMILES string of the molecule is Cc1[nH]c(C(O)c2cc3ccccc3s2)c(C)c1C. The predicted octanol–water partition coefficient (Wildman–Crippen LogP) is 4.24. The number of aryl methyl sites for hydroxylation is 1.